The van der Waals surface area contributed by atoms with Gasteiger partial charge in [0, 0.05) is 16.3 Å². The van der Waals surface area contributed by atoms with Gasteiger partial charge in [-0.2, -0.15) is 0 Å². The fraction of sp³-hybridized carbons (Fsp3) is 0.143. The lowest BCUT2D eigenvalue weighted by Crippen LogP contribution is -2.06. The second-order valence-electron chi connectivity index (χ2n) is 4.12. The summed E-state index contributed by atoms with van der Waals surface area (Å²) in [7, 11) is 0. The second kappa shape index (κ2) is 4.55. The van der Waals surface area contributed by atoms with Crippen LogP contribution in [0.25, 0.3) is 21.8 Å². The van der Waals surface area contributed by atoms with Gasteiger partial charge in [0.15, 0.2) is 0 Å². The fourth-order valence-corrected chi connectivity index (χ4v) is 2.40. The summed E-state index contributed by atoms with van der Waals surface area (Å²) >= 11 is 6.21. The molecule has 0 fully saturated rings. The number of nitrogens with zero attached hydrogens (tertiary/aromatic N) is 1. The van der Waals surface area contributed by atoms with Crippen molar-refractivity contribution in [1.29, 1.82) is 0 Å². The molecule has 1 N–H and O–H groups in total. The predicted octanol–water partition coefficient (Wildman–Crippen LogP) is 3.55. The Bertz CT molecular complexity index is 780. The molecular weight excluding hydrogens is 264 g/mol. The Morgan fingerprint density at radius 1 is 1.42 bits per heavy atom. The molecule has 0 atom stereocenters. The number of aromatic nitrogens is 2. The van der Waals surface area contributed by atoms with Crippen molar-refractivity contribution in [1.82, 2.24) is 9.97 Å². The molecule has 1 aromatic carbocycles. The number of hydrogen-bond acceptors (Lipinski definition) is 3. The van der Waals surface area contributed by atoms with Crippen LogP contribution >= 0.6 is 11.6 Å². The molecule has 96 valence electrons. The largest absolute Gasteiger partial charge is 0.461 e. The molecule has 0 bridgehead atoms. The van der Waals surface area contributed by atoms with Gasteiger partial charge in [-0.1, -0.05) is 17.7 Å². The molecule has 0 radical (unpaired) electrons. The van der Waals surface area contributed by atoms with Gasteiger partial charge >= 0.3 is 5.97 Å². The zero-order valence-electron chi connectivity index (χ0n) is 10.2. The Hall–Kier alpha value is -2.07. The van der Waals surface area contributed by atoms with E-state index in [1.54, 1.807) is 19.2 Å². The minimum atomic E-state index is -0.425. The molecule has 0 amide bonds. The third-order valence-electron chi connectivity index (χ3n) is 2.94. The minimum absolute atomic E-state index is 0.287. The predicted molar refractivity (Wildman–Crippen MR) is 74.6 cm³/mol. The Kier molecular flexibility index (Phi) is 2.87. The number of H-pyrrole nitrogens is 1. The molecule has 3 rings (SSSR count). The van der Waals surface area contributed by atoms with Crippen molar-refractivity contribution in [2.45, 2.75) is 6.92 Å². The van der Waals surface area contributed by atoms with E-state index in [1.807, 2.05) is 18.2 Å². The van der Waals surface area contributed by atoms with Gasteiger partial charge in [-0.3, -0.25) is 0 Å². The van der Waals surface area contributed by atoms with Crippen LogP contribution in [0.2, 0.25) is 5.02 Å². The van der Waals surface area contributed by atoms with Crippen LogP contribution in [0.5, 0.6) is 0 Å². The van der Waals surface area contributed by atoms with Gasteiger partial charge < -0.3 is 9.72 Å². The number of nitrogens with one attached hydrogen (secondary N) is 1. The highest BCUT2D eigenvalue weighted by Gasteiger charge is 2.13. The number of carbonyl (C=O) groups excluding carboxylic acids is 1. The Balaban J connectivity index is 2.26. The van der Waals surface area contributed by atoms with E-state index in [2.05, 4.69) is 9.97 Å². The fourth-order valence-electron chi connectivity index (χ4n) is 2.13. The first-order chi connectivity index (χ1) is 9.20. The number of halogens is 1. The first-order valence-electron chi connectivity index (χ1n) is 5.93. The maximum Gasteiger partial charge on any atom is 0.356 e. The first kappa shape index (κ1) is 12.0. The number of esters is 1. The number of hydrogen-bond donors (Lipinski definition) is 1. The van der Waals surface area contributed by atoms with E-state index in [-0.39, 0.29) is 5.69 Å². The summed E-state index contributed by atoms with van der Waals surface area (Å²) in [5.74, 6) is -0.425. The quantitative estimate of drug-likeness (QED) is 0.727. The van der Waals surface area contributed by atoms with Crippen molar-refractivity contribution in [3.05, 3.63) is 41.2 Å². The molecule has 0 spiro atoms. The average Bonchev–Trinajstić information content (AvgIpc) is 2.77. The van der Waals surface area contributed by atoms with Gasteiger partial charge in [0.05, 0.1) is 23.3 Å². The van der Waals surface area contributed by atoms with Gasteiger partial charge in [-0.05, 0) is 25.1 Å². The van der Waals surface area contributed by atoms with E-state index < -0.39 is 5.97 Å². The highest BCUT2D eigenvalue weighted by Crippen LogP contribution is 2.31. The lowest BCUT2D eigenvalue weighted by atomic mass is 10.1. The minimum Gasteiger partial charge on any atom is -0.461 e. The van der Waals surface area contributed by atoms with Crippen LogP contribution in [-0.4, -0.2) is 22.5 Å². The molecule has 2 heterocycles. The third kappa shape index (κ3) is 1.94. The summed E-state index contributed by atoms with van der Waals surface area (Å²) in [6.45, 7) is 2.09. The number of pyridine rings is 1. The Morgan fingerprint density at radius 2 is 2.26 bits per heavy atom. The van der Waals surface area contributed by atoms with Crippen LogP contribution in [0, 0.1) is 0 Å². The summed E-state index contributed by atoms with van der Waals surface area (Å²) in [6.07, 6.45) is 1.62. The van der Waals surface area contributed by atoms with E-state index in [1.165, 1.54) is 0 Å². The highest BCUT2D eigenvalue weighted by molar-refractivity contribution is 6.38. The first-order valence-corrected chi connectivity index (χ1v) is 6.31. The van der Waals surface area contributed by atoms with Crippen LogP contribution in [-0.2, 0) is 4.74 Å². The maximum absolute atomic E-state index is 11.7. The van der Waals surface area contributed by atoms with Crippen molar-refractivity contribution >= 4 is 39.4 Å². The molecule has 0 aliphatic rings. The molecule has 2 aromatic heterocycles. The summed E-state index contributed by atoms with van der Waals surface area (Å²) in [6, 6.07) is 7.34. The van der Waals surface area contributed by atoms with Crippen molar-refractivity contribution in [2.24, 2.45) is 0 Å². The summed E-state index contributed by atoms with van der Waals surface area (Å²) in [5.41, 5.74) is 2.05. The van der Waals surface area contributed by atoms with Gasteiger partial charge in [-0.25, -0.2) is 9.78 Å². The molecule has 3 aromatic rings. The monoisotopic (exact) mass is 274 g/mol. The van der Waals surface area contributed by atoms with Crippen molar-refractivity contribution in [3.63, 3.8) is 0 Å². The number of carbonyl (C=O) groups is 1. The highest BCUT2D eigenvalue weighted by atomic mass is 35.5. The van der Waals surface area contributed by atoms with E-state index in [0.29, 0.717) is 11.6 Å². The van der Waals surface area contributed by atoms with Crippen LogP contribution in [0.1, 0.15) is 17.4 Å². The average molecular weight is 275 g/mol. The molecular formula is C14H11ClN2O2. The third-order valence-corrected chi connectivity index (χ3v) is 3.26. The standard InChI is InChI=1S/C14H11ClN2O2/c1-2-19-14(18)11-6-8-12(7-16-11)17-10-5-3-4-9(15)13(8)10/h3-7,17H,2H2,1H3. The lowest BCUT2D eigenvalue weighted by Gasteiger charge is -2.01. The number of ether oxygens (including phenoxy) is 1. The van der Waals surface area contributed by atoms with Crippen molar-refractivity contribution in [2.75, 3.05) is 6.61 Å². The van der Waals surface area contributed by atoms with E-state index >= 15 is 0 Å². The Morgan fingerprint density at radius 3 is 3.05 bits per heavy atom. The van der Waals surface area contributed by atoms with Crippen LogP contribution in [0.3, 0.4) is 0 Å². The molecule has 4 nitrogen and oxygen atoms in total. The Labute approximate surface area is 114 Å². The van der Waals surface area contributed by atoms with Crippen molar-refractivity contribution in [3.8, 4) is 0 Å². The van der Waals surface area contributed by atoms with E-state index in [4.69, 9.17) is 16.3 Å². The molecule has 19 heavy (non-hydrogen) atoms. The lowest BCUT2D eigenvalue weighted by molar-refractivity contribution is 0.0520. The van der Waals surface area contributed by atoms with Gasteiger partial charge in [-0.15, -0.1) is 0 Å². The van der Waals surface area contributed by atoms with Gasteiger partial charge in [0.1, 0.15) is 5.69 Å². The summed E-state index contributed by atoms with van der Waals surface area (Å²) in [5, 5.41) is 2.41. The zero-order valence-corrected chi connectivity index (χ0v) is 11.0. The second-order valence-corrected chi connectivity index (χ2v) is 4.53. The maximum atomic E-state index is 11.7. The molecule has 0 aliphatic carbocycles. The SMILES string of the molecule is CCOC(=O)c1cc2c(cn1)[nH]c1cccc(Cl)c12. The molecule has 0 aliphatic heterocycles. The molecule has 5 heteroatoms. The van der Waals surface area contributed by atoms with Crippen LogP contribution < -0.4 is 0 Å². The van der Waals surface area contributed by atoms with E-state index in [9.17, 15) is 4.79 Å². The smallest absolute Gasteiger partial charge is 0.356 e. The topological polar surface area (TPSA) is 55.0 Å². The molecule has 0 unspecified atom stereocenters. The number of aromatic amines is 1. The number of benzene rings is 1. The van der Waals surface area contributed by atoms with Gasteiger partial charge in [0.25, 0.3) is 0 Å². The summed E-state index contributed by atoms with van der Waals surface area (Å²) < 4.78 is 4.95. The zero-order chi connectivity index (χ0) is 13.4. The van der Waals surface area contributed by atoms with Crippen LogP contribution in [0.15, 0.2) is 30.5 Å². The van der Waals surface area contributed by atoms with Crippen molar-refractivity contribution < 1.29 is 9.53 Å². The number of rotatable bonds is 2. The molecule has 0 saturated heterocycles. The molecule has 0 saturated carbocycles. The van der Waals surface area contributed by atoms with Crippen LogP contribution in [0.4, 0.5) is 0 Å². The number of fused-ring (bicyclic) bond motifs is 3. The van der Waals surface area contributed by atoms with E-state index in [0.717, 1.165) is 21.8 Å². The van der Waals surface area contributed by atoms with Gasteiger partial charge in [0.2, 0.25) is 0 Å². The normalized spacial score (nSPS) is 11.1. The summed E-state index contributed by atoms with van der Waals surface area (Å²) in [4.78, 5) is 19.0.